The van der Waals surface area contributed by atoms with Gasteiger partial charge in [-0.15, -0.1) is 0 Å². The van der Waals surface area contributed by atoms with Gasteiger partial charge in [0, 0.05) is 24.1 Å². The van der Waals surface area contributed by atoms with E-state index >= 15 is 0 Å². The Morgan fingerprint density at radius 1 is 1.27 bits per heavy atom. The van der Waals surface area contributed by atoms with E-state index in [1.165, 1.54) is 16.5 Å². The lowest BCUT2D eigenvalue weighted by Gasteiger charge is -2.17. The standard InChI is InChI=1S/C13H17NO/c1-9-8-14(4)12-6-5-10(7-11(9)12)13(2,3)15/h5-8,15H,1-4H3. The molecule has 1 N–H and O–H groups in total. The normalized spacial score (nSPS) is 12.3. The molecule has 2 nitrogen and oxygen atoms in total. The van der Waals surface area contributed by atoms with Gasteiger partial charge < -0.3 is 9.67 Å². The van der Waals surface area contributed by atoms with Gasteiger partial charge in [-0.2, -0.15) is 0 Å². The molecule has 1 aromatic carbocycles. The van der Waals surface area contributed by atoms with E-state index in [0.717, 1.165) is 5.56 Å². The Kier molecular flexibility index (Phi) is 2.12. The first-order valence-electron chi connectivity index (χ1n) is 5.18. The van der Waals surface area contributed by atoms with E-state index in [1.807, 2.05) is 27.0 Å². The Morgan fingerprint density at radius 3 is 2.53 bits per heavy atom. The Bertz CT molecular complexity index is 503. The van der Waals surface area contributed by atoms with Crippen molar-refractivity contribution in [1.29, 1.82) is 0 Å². The van der Waals surface area contributed by atoms with Crippen molar-refractivity contribution in [3.05, 3.63) is 35.5 Å². The molecule has 0 fully saturated rings. The summed E-state index contributed by atoms with van der Waals surface area (Å²) in [6.07, 6.45) is 2.11. The van der Waals surface area contributed by atoms with Crippen LogP contribution in [0.15, 0.2) is 24.4 Å². The minimum Gasteiger partial charge on any atom is -0.386 e. The Balaban J connectivity index is 2.71. The molecule has 2 rings (SSSR count). The minimum atomic E-state index is -0.767. The molecule has 1 aromatic heterocycles. The maximum atomic E-state index is 9.94. The van der Waals surface area contributed by atoms with Crippen molar-refractivity contribution >= 4 is 10.9 Å². The first-order chi connectivity index (χ1) is 6.89. The SMILES string of the molecule is Cc1cn(C)c2ccc(C(C)(C)O)cc12. The van der Waals surface area contributed by atoms with E-state index in [-0.39, 0.29) is 0 Å². The van der Waals surface area contributed by atoms with Crippen LogP contribution in [0, 0.1) is 6.92 Å². The van der Waals surface area contributed by atoms with Crippen molar-refractivity contribution in [3.63, 3.8) is 0 Å². The number of aromatic nitrogens is 1. The fraction of sp³-hybridized carbons (Fsp3) is 0.385. The molecule has 15 heavy (non-hydrogen) atoms. The second kappa shape index (κ2) is 3.11. The van der Waals surface area contributed by atoms with Gasteiger partial charge >= 0.3 is 0 Å². The Morgan fingerprint density at radius 2 is 1.93 bits per heavy atom. The third-order valence-electron chi connectivity index (χ3n) is 2.90. The van der Waals surface area contributed by atoms with Gasteiger partial charge in [0.25, 0.3) is 0 Å². The number of hydrogen-bond acceptors (Lipinski definition) is 1. The first-order valence-corrected chi connectivity index (χ1v) is 5.18. The van der Waals surface area contributed by atoms with Gasteiger partial charge in [-0.1, -0.05) is 6.07 Å². The predicted octanol–water partition coefficient (Wildman–Crippen LogP) is 2.71. The van der Waals surface area contributed by atoms with E-state index in [4.69, 9.17) is 0 Å². The minimum absolute atomic E-state index is 0.767. The molecule has 0 aliphatic heterocycles. The molecular formula is C13H17NO. The zero-order chi connectivity index (χ0) is 11.2. The molecule has 2 heteroatoms. The zero-order valence-corrected chi connectivity index (χ0v) is 9.70. The highest BCUT2D eigenvalue weighted by atomic mass is 16.3. The molecule has 0 bridgehead atoms. The van der Waals surface area contributed by atoms with Crippen LogP contribution in [0.1, 0.15) is 25.0 Å². The molecule has 0 aliphatic carbocycles. The molecule has 0 saturated heterocycles. The summed E-state index contributed by atoms with van der Waals surface area (Å²) < 4.78 is 2.11. The lowest BCUT2D eigenvalue weighted by molar-refractivity contribution is 0.0787. The molecule has 80 valence electrons. The van der Waals surface area contributed by atoms with E-state index in [1.54, 1.807) is 0 Å². The second-order valence-electron chi connectivity index (χ2n) is 4.71. The number of aliphatic hydroxyl groups is 1. The highest BCUT2D eigenvalue weighted by molar-refractivity contribution is 5.84. The molecule has 0 aliphatic rings. The van der Waals surface area contributed by atoms with Crippen molar-refractivity contribution in [3.8, 4) is 0 Å². The smallest absolute Gasteiger partial charge is 0.0840 e. The maximum Gasteiger partial charge on any atom is 0.0840 e. The van der Waals surface area contributed by atoms with Gasteiger partial charge in [-0.25, -0.2) is 0 Å². The average Bonchev–Trinajstić information content (AvgIpc) is 2.41. The number of nitrogens with zero attached hydrogens (tertiary/aromatic N) is 1. The fourth-order valence-electron chi connectivity index (χ4n) is 1.97. The van der Waals surface area contributed by atoms with Crippen molar-refractivity contribution in [2.45, 2.75) is 26.4 Å². The summed E-state index contributed by atoms with van der Waals surface area (Å²) in [4.78, 5) is 0. The van der Waals surface area contributed by atoms with Crippen molar-refractivity contribution < 1.29 is 5.11 Å². The van der Waals surface area contributed by atoms with Crippen molar-refractivity contribution in [1.82, 2.24) is 4.57 Å². The topological polar surface area (TPSA) is 25.2 Å². The first kappa shape index (κ1) is 10.2. The van der Waals surface area contributed by atoms with E-state index in [9.17, 15) is 5.11 Å². The van der Waals surface area contributed by atoms with Crippen LogP contribution in [0.4, 0.5) is 0 Å². The summed E-state index contributed by atoms with van der Waals surface area (Å²) in [6.45, 7) is 5.72. The van der Waals surface area contributed by atoms with Gasteiger partial charge in [-0.05, 0) is 44.0 Å². The Labute approximate surface area is 90.2 Å². The summed E-state index contributed by atoms with van der Waals surface area (Å²) in [6, 6.07) is 6.13. The van der Waals surface area contributed by atoms with Crippen LogP contribution in [0.3, 0.4) is 0 Å². The van der Waals surface area contributed by atoms with Crippen molar-refractivity contribution in [2.24, 2.45) is 7.05 Å². The van der Waals surface area contributed by atoms with Gasteiger partial charge in [-0.3, -0.25) is 0 Å². The summed E-state index contributed by atoms with van der Waals surface area (Å²) in [5, 5.41) is 11.2. The van der Waals surface area contributed by atoms with Crippen LogP contribution in [-0.2, 0) is 12.6 Å². The molecule has 0 spiro atoms. The summed E-state index contributed by atoms with van der Waals surface area (Å²) in [5.41, 5.74) is 2.65. The average molecular weight is 203 g/mol. The molecular weight excluding hydrogens is 186 g/mol. The zero-order valence-electron chi connectivity index (χ0n) is 9.70. The van der Waals surface area contributed by atoms with Crippen LogP contribution in [0.25, 0.3) is 10.9 Å². The third-order valence-corrected chi connectivity index (χ3v) is 2.90. The monoisotopic (exact) mass is 203 g/mol. The van der Waals surface area contributed by atoms with Crippen LogP contribution < -0.4 is 0 Å². The van der Waals surface area contributed by atoms with E-state index < -0.39 is 5.60 Å². The Hall–Kier alpha value is -1.28. The molecule has 0 radical (unpaired) electrons. The van der Waals surface area contributed by atoms with Crippen LogP contribution in [-0.4, -0.2) is 9.67 Å². The number of fused-ring (bicyclic) bond motifs is 1. The maximum absolute atomic E-state index is 9.94. The largest absolute Gasteiger partial charge is 0.386 e. The molecule has 0 atom stereocenters. The molecule has 1 heterocycles. The number of hydrogen-bond donors (Lipinski definition) is 1. The van der Waals surface area contributed by atoms with Gasteiger partial charge in [0.15, 0.2) is 0 Å². The molecule has 0 unspecified atom stereocenters. The predicted molar refractivity (Wildman–Crippen MR) is 62.9 cm³/mol. The second-order valence-corrected chi connectivity index (χ2v) is 4.71. The highest BCUT2D eigenvalue weighted by Gasteiger charge is 2.16. The van der Waals surface area contributed by atoms with E-state index in [0.29, 0.717) is 0 Å². The van der Waals surface area contributed by atoms with Crippen LogP contribution in [0.5, 0.6) is 0 Å². The molecule has 0 amide bonds. The molecule has 2 aromatic rings. The van der Waals surface area contributed by atoms with Gasteiger partial charge in [0.2, 0.25) is 0 Å². The summed E-state index contributed by atoms with van der Waals surface area (Å²) in [7, 11) is 2.04. The number of aryl methyl sites for hydroxylation is 2. The lowest BCUT2D eigenvalue weighted by atomic mass is 9.96. The van der Waals surface area contributed by atoms with E-state index in [2.05, 4.69) is 29.8 Å². The quantitative estimate of drug-likeness (QED) is 0.757. The molecule has 0 saturated carbocycles. The van der Waals surface area contributed by atoms with Gasteiger partial charge in [0.05, 0.1) is 5.60 Å². The van der Waals surface area contributed by atoms with Gasteiger partial charge in [0.1, 0.15) is 0 Å². The number of rotatable bonds is 1. The lowest BCUT2D eigenvalue weighted by Crippen LogP contribution is -2.15. The van der Waals surface area contributed by atoms with Crippen molar-refractivity contribution in [2.75, 3.05) is 0 Å². The third kappa shape index (κ3) is 1.65. The fourth-order valence-corrected chi connectivity index (χ4v) is 1.97. The summed E-state index contributed by atoms with van der Waals surface area (Å²) in [5.74, 6) is 0. The summed E-state index contributed by atoms with van der Waals surface area (Å²) >= 11 is 0. The van der Waals surface area contributed by atoms with Crippen LogP contribution >= 0.6 is 0 Å². The number of benzene rings is 1. The highest BCUT2D eigenvalue weighted by Crippen LogP contribution is 2.26. The van der Waals surface area contributed by atoms with Crippen LogP contribution in [0.2, 0.25) is 0 Å².